The van der Waals surface area contributed by atoms with Gasteiger partial charge in [0.2, 0.25) is 6.10 Å². The van der Waals surface area contributed by atoms with Gasteiger partial charge in [0.1, 0.15) is 12.4 Å². The summed E-state index contributed by atoms with van der Waals surface area (Å²) in [6.07, 6.45) is -1.24. The SMILES string of the molecule is Cc1cccc(C(=O)NCC(=O)O[C@@H](C(=O)Nc2ccc(F)cc2)c2ccccc2)c1. The fraction of sp³-hybridized carbons (Fsp3) is 0.125. The van der Waals surface area contributed by atoms with Gasteiger partial charge in [-0.1, -0.05) is 48.0 Å². The molecule has 0 aliphatic carbocycles. The van der Waals surface area contributed by atoms with Gasteiger partial charge in [0.25, 0.3) is 11.8 Å². The molecule has 3 aromatic rings. The number of anilines is 1. The van der Waals surface area contributed by atoms with Crippen LogP contribution in [0.25, 0.3) is 0 Å². The van der Waals surface area contributed by atoms with E-state index in [1.54, 1.807) is 48.5 Å². The molecule has 0 saturated carbocycles. The Morgan fingerprint density at radius 2 is 1.65 bits per heavy atom. The standard InChI is InChI=1S/C24H21FN2O4/c1-16-6-5-9-18(14-16)23(29)26-15-21(28)31-22(17-7-3-2-4-8-17)24(30)27-20-12-10-19(25)11-13-20/h2-14,22H,15H2,1H3,(H,26,29)(H,27,30)/t22-/m1/s1. The Morgan fingerprint density at radius 3 is 2.32 bits per heavy atom. The Morgan fingerprint density at radius 1 is 0.935 bits per heavy atom. The average Bonchev–Trinajstić information content (AvgIpc) is 2.78. The molecule has 31 heavy (non-hydrogen) atoms. The van der Waals surface area contributed by atoms with Crippen molar-refractivity contribution in [3.05, 3.63) is 101 Å². The molecule has 158 valence electrons. The molecule has 2 amide bonds. The summed E-state index contributed by atoms with van der Waals surface area (Å²) in [4.78, 5) is 37.4. The lowest BCUT2D eigenvalue weighted by atomic mass is 10.1. The molecule has 6 nitrogen and oxygen atoms in total. The summed E-state index contributed by atoms with van der Waals surface area (Å²) in [7, 11) is 0. The van der Waals surface area contributed by atoms with E-state index >= 15 is 0 Å². The number of carbonyl (C=O) groups excluding carboxylic acids is 3. The number of aryl methyl sites for hydroxylation is 1. The zero-order chi connectivity index (χ0) is 22.2. The number of carbonyl (C=O) groups is 3. The van der Waals surface area contributed by atoms with Crippen molar-refractivity contribution < 1.29 is 23.5 Å². The highest BCUT2D eigenvalue weighted by molar-refractivity contribution is 5.98. The predicted molar refractivity (Wildman–Crippen MR) is 114 cm³/mol. The number of rotatable bonds is 7. The van der Waals surface area contributed by atoms with E-state index in [1.165, 1.54) is 24.3 Å². The highest BCUT2D eigenvalue weighted by Gasteiger charge is 2.25. The van der Waals surface area contributed by atoms with E-state index in [2.05, 4.69) is 10.6 Å². The predicted octanol–water partition coefficient (Wildman–Crippen LogP) is 3.79. The molecule has 3 rings (SSSR count). The van der Waals surface area contributed by atoms with Crippen LogP contribution in [0.1, 0.15) is 27.6 Å². The minimum absolute atomic E-state index is 0.358. The molecule has 0 spiro atoms. The number of esters is 1. The van der Waals surface area contributed by atoms with E-state index in [1.807, 2.05) is 13.0 Å². The molecule has 3 aromatic carbocycles. The summed E-state index contributed by atoms with van der Waals surface area (Å²) in [5, 5.41) is 5.09. The lowest BCUT2D eigenvalue weighted by Crippen LogP contribution is -2.33. The Kier molecular flexibility index (Phi) is 7.11. The highest BCUT2D eigenvalue weighted by Crippen LogP contribution is 2.20. The second-order valence-corrected chi connectivity index (χ2v) is 6.83. The van der Waals surface area contributed by atoms with Gasteiger partial charge in [-0.05, 0) is 43.3 Å². The molecule has 0 saturated heterocycles. The van der Waals surface area contributed by atoms with Crippen molar-refractivity contribution in [3.8, 4) is 0 Å². The molecule has 0 radical (unpaired) electrons. The minimum Gasteiger partial charge on any atom is -0.446 e. The summed E-state index contributed by atoms with van der Waals surface area (Å²) in [5.74, 6) is -2.23. The molecule has 0 fully saturated rings. The highest BCUT2D eigenvalue weighted by atomic mass is 19.1. The number of ether oxygens (including phenoxy) is 1. The Hall–Kier alpha value is -4.00. The molecule has 1 atom stereocenters. The average molecular weight is 420 g/mol. The normalized spacial score (nSPS) is 11.3. The van der Waals surface area contributed by atoms with Gasteiger partial charge >= 0.3 is 5.97 Å². The van der Waals surface area contributed by atoms with Crippen LogP contribution >= 0.6 is 0 Å². The van der Waals surface area contributed by atoms with Crippen molar-refractivity contribution in [2.75, 3.05) is 11.9 Å². The van der Waals surface area contributed by atoms with Gasteiger partial charge in [-0.25, -0.2) is 4.39 Å². The van der Waals surface area contributed by atoms with Gasteiger partial charge in [-0.3, -0.25) is 14.4 Å². The topological polar surface area (TPSA) is 84.5 Å². The van der Waals surface area contributed by atoms with Crippen LogP contribution in [-0.4, -0.2) is 24.3 Å². The Balaban J connectivity index is 1.66. The van der Waals surface area contributed by atoms with Crippen LogP contribution in [0.15, 0.2) is 78.9 Å². The summed E-state index contributed by atoms with van der Waals surface area (Å²) in [6, 6.07) is 20.6. The van der Waals surface area contributed by atoms with E-state index in [4.69, 9.17) is 4.74 Å². The molecule has 0 aliphatic heterocycles. The van der Waals surface area contributed by atoms with Gasteiger partial charge in [0.15, 0.2) is 0 Å². The van der Waals surface area contributed by atoms with Crippen molar-refractivity contribution in [1.82, 2.24) is 5.32 Å². The number of amides is 2. The van der Waals surface area contributed by atoms with Crippen molar-refractivity contribution in [2.45, 2.75) is 13.0 Å². The first kappa shape index (κ1) is 21.7. The fourth-order valence-corrected chi connectivity index (χ4v) is 2.86. The van der Waals surface area contributed by atoms with Crippen molar-refractivity contribution >= 4 is 23.5 Å². The molecule has 0 bridgehead atoms. The quantitative estimate of drug-likeness (QED) is 0.570. The lowest BCUT2D eigenvalue weighted by molar-refractivity contribution is -0.153. The van der Waals surface area contributed by atoms with E-state index in [9.17, 15) is 18.8 Å². The molecular formula is C24H21FN2O4. The van der Waals surface area contributed by atoms with E-state index in [0.29, 0.717) is 16.8 Å². The third kappa shape index (κ3) is 6.24. The van der Waals surface area contributed by atoms with Crippen LogP contribution < -0.4 is 10.6 Å². The van der Waals surface area contributed by atoms with Gasteiger partial charge in [0.05, 0.1) is 0 Å². The third-order valence-corrected chi connectivity index (χ3v) is 4.38. The summed E-state index contributed by atoms with van der Waals surface area (Å²) in [5.41, 5.74) is 2.15. The second kappa shape index (κ2) is 10.2. The van der Waals surface area contributed by atoms with Gasteiger partial charge in [-0.15, -0.1) is 0 Å². The van der Waals surface area contributed by atoms with Crippen LogP contribution in [0.2, 0.25) is 0 Å². The summed E-state index contributed by atoms with van der Waals surface area (Å²) in [6.45, 7) is 1.45. The molecule has 0 aromatic heterocycles. The number of benzene rings is 3. The lowest BCUT2D eigenvalue weighted by Gasteiger charge is -2.18. The summed E-state index contributed by atoms with van der Waals surface area (Å²) >= 11 is 0. The Bertz CT molecular complexity index is 1070. The number of halogens is 1. The Labute approximate surface area is 179 Å². The third-order valence-electron chi connectivity index (χ3n) is 4.38. The number of hydrogen-bond acceptors (Lipinski definition) is 4. The molecular weight excluding hydrogens is 399 g/mol. The van der Waals surface area contributed by atoms with E-state index in [0.717, 1.165) is 5.56 Å². The van der Waals surface area contributed by atoms with Crippen LogP contribution in [0.3, 0.4) is 0 Å². The zero-order valence-corrected chi connectivity index (χ0v) is 16.8. The second-order valence-electron chi connectivity index (χ2n) is 6.83. The van der Waals surface area contributed by atoms with Crippen LogP contribution in [0.4, 0.5) is 10.1 Å². The monoisotopic (exact) mass is 420 g/mol. The maximum Gasteiger partial charge on any atom is 0.326 e. The van der Waals surface area contributed by atoms with E-state index < -0.39 is 36.2 Å². The van der Waals surface area contributed by atoms with Crippen LogP contribution in [0, 0.1) is 12.7 Å². The van der Waals surface area contributed by atoms with Gasteiger partial charge in [0, 0.05) is 16.8 Å². The zero-order valence-electron chi connectivity index (χ0n) is 16.8. The smallest absolute Gasteiger partial charge is 0.326 e. The van der Waals surface area contributed by atoms with Crippen LogP contribution in [0.5, 0.6) is 0 Å². The minimum atomic E-state index is -1.24. The largest absolute Gasteiger partial charge is 0.446 e. The first-order chi connectivity index (χ1) is 14.9. The van der Waals surface area contributed by atoms with E-state index in [-0.39, 0.29) is 0 Å². The molecule has 7 heteroatoms. The molecule has 2 N–H and O–H groups in total. The molecule has 0 aliphatic rings. The number of nitrogens with one attached hydrogen (secondary N) is 2. The first-order valence-electron chi connectivity index (χ1n) is 9.58. The van der Waals surface area contributed by atoms with Gasteiger partial charge < -0.3 is 15.4 Å². The van der Waals surface area contributed by atoms with Gasteiger partial charge in [-0.2, -0.15) is 0 Å². The summed E-state index contributed by atoms with van der Waals surface area (Å²) < 4.78 is 18.5. The first-order valence-corrected chi connectivity index (χ1v) is 9.58. The fourth-order valence-electron chi connectivity index (χ4n) is 2.86. The van der Waals surface area contributed by atoms with Crippen molar-refractivity contribution in [2.24, 2.45) is 0 Å². The molecule has 0 unspecified atom stereocenters. The number of hydrogen-bond donors (Lipinski definition) is 2. The van der Waals surface area contributed by atoms with Crippen LogP contribution in [-0.2, 0) is 14.3 Å². The van der Waals surface area contributed by atoms with Crippen molar-refractivity contribution in [3.63, 3.8) is 0 Å². The maximum atomic E-state index is 13.1. The van der Waals surface area contributed by atoms with Crippen molar-refractivity contribution in [1.29, 1.82) is 0 Å². The maximum absolute atomic E-state index is 13.1. The molecule has 0 heterocycles.